The summed E-state index contributed by atoms with van der Waals surface area (Å²) in [4.78, 5) is 4.59. The average Bonchev–Trinajstić information content (AvgIpc) is 3.28. The van der Waals surface area contributed by atoms with Crippen LogP contribution >= 0.6 is 0 Å². The molecule has 1 saturated carbocycles. The van der Waals surface area contributed by atoms with Gasteiger partial charge in [0.15, 0.2) is 0 Å². The van der Waals surface area contributed by atoms with Gasteiger partial charge in [0.2, 0.25) is 0 Å². The summed E-state index contributed by atoms with van der Waals surface area (Å²) in [6.07, 6.45) is 2.59. The molecule has 1 aliphatic heterocycles. The summed E-state index contributed by atoms with van der Waals surface area (Å²) in [5, 5.41) is 0. The van der Waals surface area contributed by atoms with Gasteiger partial charge in [0.1, 0.15) is 11.6 Å². The predicted molar refractivity (Wildman–Crippen MR) is 74.3 cm³/mol. The molecule has 1 unspecified atom stereocenters. The molecule has 0 amide bonds. The number of nitrogens with zero attached hydrogens (tertiary/aromatic N) is 2. The van der Waals surface area contributed by atoms with Gasteiger partial charge in [-0.05, 0) is 25.0 Å². The zero-order valence-corrected chi connectivity index (χ0v) is 11.6. The van der Waals surface area contributed by atoms with E-state index in [1.807, 2.05) is 0 Å². The fraction of sp³-hybridized carbons (Fsp3) is 0.600. The predicted octanol–water partition coefficient (Wildman–Crippen LogP) is 1.74. The topological polar surface area (TPSA) is 32.5 Å². The minimum atomic E-state index is -0.495. The number of benzene rings is 1. The van der Waals surface area contributed by atoms with Crippen LogP contribution in [0.2, 0.25) is 0 Å². The third kappa shape index (κ3) is 2.71. The lowest BCUT2D eigenvalue weighted by atomic mass is 10.0. The van der Waals surface area contributed by atoms with Crippen molar-refractivity contribution in [1.29, 1.82) is 0 Å². The first kappa shape index (κ1) is 13.9. The van der Waals surface area contributed by atoms with Crippen LogP contribution in [0.1, 0.15) is 24.4 Å². The zero-order valence-electron chi connectivity index (χ0n) is 11.6. The zero-order chi connectivity index (χ0) is 14.1. The number of hydrogen-bond acceptors (Lipinski definition) is 3. The second-order valence-electron chi connectivity index (χ2n) is 5.69. The van der Waals surface area contributed by atoms with Gasteiger partial charge in [-0.3, -0.25) is 9.80 Å². The minimum Gasteiger partial charge on any atom is -0.329 e. The van der Waals surface area contributed by atoms with E-state index in [1.165, 1.54) is 31.0 Å². The largest absolute Gasteiger partial charge is 0.329 e. The molecule has 1 saturated heterocycles. The van der Waals surface area contributed by atoms with Crippen LogP contribution in [-0.2, 0) is 0 Å². The maximum absolute atomic E-state index is 13.9. The van der Waals surface area contributed by atoms with Crippen LogP contribution in [0.25, 0.3) is 0 Å². The van der Waals surface area contributed by atoms with Crippen molar-refractivity contribution in [2.24, 2.45) is 5.73 Å². The molecule has 0 bridgehead atoms. The molecule has 110 valence electrons. The standard InChI is InChI=1S/C15H21F2N3/c16-12-2-1-3-13(17)15(12)14(10-18)20-8-6-19(7-9-20)11-4-5-11/h1-3,11,14H,4-10,18H2. The van der Waals surface area contributed by atoms with Crippen molar-refractivity contribution >= 4 is 0 Å². The normalized spacial score (nSPS) is 22.9. The number of rotatable bonds is 4. The summed E-state index contributed by atoms with van der Waals surface area (Å²) < 4.78 is 27.8. The first-order valence-corrected chi connectivity index (χ1v) is 7.32. The summed E-state index contributed by atoms with van der Waals surface area (Å²) in [6, 6.07) is 4.40. The lowest BCUT2D eigenvalue weighted by Crippen LogP contribution is -2.49. The summed E-state index contributed by atoms with van der Waals surface area (Å²) in [5.41, 5.74) is 5.91. The Bertz CT molecular complexity index is 448. The van der Waals surface area contributed by atoms with E-state index in [0.29, 0.717) is 0 Å². The summed E-state index contributed by atoms with van der Waals surface area (Å²) in [6.45, 7) is 3.83. The monoisotopic (exact) mass is 281 g/mol. The number of halogens is 2. The third-order valence-electron chi connectivity index (χ3n) is 4.41. The molecule has 0 aromatic heterocycles. The lowest BCUT2D eigenvalue weighted by molar-refractivity contribution is 0.0909. The van der Waals surface area contributed by atoms with E-state index in [-0.39, 0.29) is 18.2 Å². The summed E-state index contributed by atoms with van der Waals surface area (Å²) in [5.74, 6) is -0.991. The Morgan fingerprint density at radius 2 is 1.70 bits per heavy atom. The fourth-order valence-corrected chi connectivity index (χ4v) is 3.13. The van der Waals surface area contributed by atoms with Gasteiger partial charge in [-0.1, -0.05) is 6.07 Å². The molecule has 1 heterocycles. The van der Waals surface area contributed by atoms with Gasteiger partial charge < -0.3 is 5.73 Å². The Labute approximate surface area is 118 Å². The molecule has 1 aliphatic carbocycles. The van der Waals surface area contributed by atoms with Gasteiger partial charge in [-0.15, -0.1) is 0 Å². The molecule has 1 aromatic rings. The highest BCUT2D eigenvalue weighted by Gasteiger charge is 2.34. The van der Waals surface area contributed by atoms with Crippen LogP contribution < -0.4 is 5.73 Å². The highest BCUT2D eigenvalue weighted by molar-refractivity contribution is 5.24. The molecular weight excluding hydrogens is 260 g/mol. The Morgan fingerprint density at radius 3 is 2.20 bits per heavy atom. The van der Waals surface area contributed by atoms with Gasteiger partial charge in [-0.25, -0.2) is 8.78 Å². The van der Waals surface area contributed by atoms with Crippen molar-refractivity contribution in [3.8, 4) is 0 Å². The molecule has 1 aromatic carbocycles. The molecule has 2 N–H and O–H groups in total. The Balaban J connectivity index is 1.73. The highest BCUT2D eigenvalue weighted by Crippen LogP contribution is 2.30. The van der Waals surface area contributed by atoms with Gasteiger partial charge in [-0.2, -0.15) is 0 Å². The molecule has 0 radical (unpaired) electrons. The van der Waals surface area contributed by atoms with E-state index in [4.69, 9.17) is 5.73 Å². The SMILES string of the molecule is NCC(c1c(F)cccc1F)N1CCN(C2CC2)CC1. The number of nitrogens with two attached hydrogens (primary N) is 1. The fourth-order valence-electron chi connectivity index (χ4n) is 3.13. The molecule has 2 fully saturated rings. The Kier molecular flexibility index (Phi) is 4.01. The van der Waals surface area contributed by atoms with Crippen LogP contribution in [0.5, 0.6) is 0 Å². The van der Waals surface area contributed by atoms with E-state index < -0.39 is 11.6 Å². The molecule has 5 heteroatoms. The second kappa shape index (κ2) is 5.76. The van der Waals surface area contributed by atoms with Gasteiger partial charge in [0.05, 0.1) is 6.04 Å². The molecule has 0 spiro atoms. The smallest absolute Gasteiger partial charge is 0.130 e. The van der Waals surface area contributed by atoms with Crippen molar-refractivity contribution < 1.29 is 8.78 Å². The number of hydrogen-bond donors (Lipinski definition) is 1. The molecule has 3 rings (SSSR count). The molecule has 2 aliphatic rings. The third-order valence-corrected chi connectivity index (χ3v) is 4.41. The average molecular weight is 281 g/mol. The van der Waals surface area contributed by atoms with E-state index in [0.717, 1.165) is 32.2 Å². The van der Waals surface area contributed by atoms with E-state index in [9.17, 15) is 8.78 Å². The Morgan fingerprint density at radius 1 is 1.10 bits per heavy atom. The maximum Gasteiger partial charge on any atom is 0.130 e. The van der Waals surface area contributed by atoms with Crippen molar-refractivity contribution in [2.45, 2.75) is 24.9 Å². The summed E-state index contributed by atoms with van der Waals surface area (Å²) in [7, 11) is 0. The van der Waals surface area contributed by atoms with E-state index in [2.05, 4.69) is 9.80 Å². The van der Waals surface area contributed by atoms with Gasteiger partial charge in [0, 0.05) is 44.3 Å². The highest BCUT2D eigenvalue weighted by atomic mass is 19.1. The first-order chi connectivity index (χ1) is 9.70. The minimum absolute atomic E-state index is 0.120. The summed E-state index contributed by atoms with van der Waals surface area (Å²) >= 11 is 0. The van der Waals surface area contributed by atoms with Gasteiger partial charge in [0.25, 0.3) is 0 Å². The van der Waals surface area contributed by atoms with E-state index in [1.54, 1.807) is 0 Å². The van der Waals surface area contributed by atoms with Crippen molar-refractivity contribution in [3.05, 3.63) is 35.4 Å². The lowest BCUT2D eigenvalue weighted by Gasteiger charge is -2.39. The van der Waals surface area contributed by atoms with Crippen LogP contribution in [-0.4, -0.2) is 48.6 Å². The van der Waals surface area contributed by atoms with Crippen molar-refractivity contribution in [2.75, 3.05) is 32.7 Å². The van der Waals surface area contributed by atoms with Gasteiger partial charge >= 0.3 is 0 Å². The molecule has 20 heavy (non-hydrogen) atoms. The van der Waals surface area contributed by atoms with Crippen molar-refractivity contribution in [3.63, 3.8) is 0 Å². The van der Waals surface area contributed by atoms with Crippen LogP contribution in [0.15, 0.2) is 18.2 Å². The van der Waals surface area contributed by atoms with Crippen LogP contribution in [0.4, 0.5) is 8.78 Å². The van der Waals surface area contributed by atoms with Crippen LogP contribution in [0, 0.1) is 11.6 Å². The maximum atomic E-state index is 13.9. The quantitative estimate of drug-likeness (QED) is 0.912. The van der Waals surface area contributed by atoms with E-state index >= 15 is 0 Å². The van der Waals surface area contributed by atoms with Crippen LogP contribution in [0.3, 0.4) is 0 Å². The number of piperazine rings is 1. The second-order valence-corrected chi connectivity index (χ2v) is 5.69. The molecule has 1 atom stereocenters. The molecular formula is C15H21F2N3. The first-order valence-electron chi connectivity index (χ1n) is 7.32. The molecule has 3 nitrogen and oxygen atoms in total. The van der Waals surface area contributed by atoms with Crippen molar-refractivity contribution in [1.82, 2.24) is 9.80 Å². The Hall–Kier alpha value is -1.04.